The summed E-state index contributed by atoms with van der Waals surface area (Å²) in [5.41, 5.74) is 0. The molecule has 0 N–H and O–H groups in total. The topological polar surface area (TPSA) is 29.1 Å². The number of hydrogen-bond donors (Lipinski definition) is 0. The summed E-state index contributed by atoms with van der Waals surface area (Å²) in [6.45, 7) is 4.73. The van der Waals surface area contributed by atoms with Crippen LogP contribution in [0.2, 0.25) is 0 Å². The second-order valence-corrected chi connectivity index (χ2v) is 4.54. The van der Waals surface area contributed by atoms with Crippen LogP contribution in [-0.4, -0.2) is 19.3 Å². The van der Waals surface area contributed by atoms with E-state index in [0.29, 0.717) is 12.7 Å². The summed E-state index contributed by atoms with van der Waals surface area (Å²) in [6.07, 6.45) is 11.6. The standard InChI is InChI=1S/C14H29O2/c1-3-5-7-8-9-11-14(10-6-4-2)16-13-12-15/h14H,3-13H2,1-2H3. The van der Waals surface area contributed by atoms with E-state index in [0.717, 1.165) is 12.8 Å². The van der Waals surface area contributed by atoms with Gasteiger partial charge in [-0.15, -0.1) is 0 Å². The van der Waals surface area contributed by atoms with Crippen molar-refractivity contribution in [3.8, 4) is 0 Å². The molecule has 0 rings (SSSR count). The zero-order valence-corrected chi connectivity index (χ0v) is 11.2. The van der Waals surface area contributed by atoms with E-state index in [1.807, 2.05) is 0 Å². The largest absolute Gasteiger partial charge is 0.376 e. The minimum atomic E-state index is -0.0988. The van der Waals surface area contributed by atoms with Gasteiger partial charge in [-0.1, -0.05) is 58.8 Å². The minimum Gasteiger partial charge on any atom is -0.376 e. The van der Waals surface area contributed by atoms with Gasteiger partial charge in [0.1, 0.15) is 6.61 Å². The highest BCUT2D eigenvalue weighted by molar-refractivity contribution is 4.59. The van der Waals surface area contributed by atoms with Crippen LogP contribution >= 0.6 is 0 Å². The lowest BCUT2D eigenvalue weighted by atomic mass is 10.0. The highest BCUT2D eigenvalue weighted by Crippen LogP contribution is 2.14. The molecule has 2 nitrogen and oxygen atoms in total. The molecule has 0 fully saturated rings. The summed E-state index contributed by atoms with van der Waals surface area (Å²) < 4.78 is 5.59. The molecule has 0 aliphatic rings. The van der Waals surface area contributed by atoms with Gasteiger partial charge in [-0.25, -0.2) is 5.11 Å². The molecule has 97 valence electrons. The summed E-state index contributed by atoms with van der Waals surface area (Å²) in [4.78, 5) is 0. The molecule has 1 atom stereocenters. The second-order valence-electron chi connectivity index (χ2n) is 4.54. The molecule has 0 aromatic heterocycles. The Kier molecular flexibility index (Phi) is 12.9. The predicted molar refractivity (Wildman–Crippen MR) is 68.2 cm³/mol. The molecule has 1 unspecified atom stereocenters. The van der Waals surface area contributed by atoms with Gasteiger partial charge in [0.15, 0.2) is 0 Å². The highest BCUT2D eigenvalue weighted by atomic mass is 16.5. The van der Waals surface area contributed by atoms with Crippen molar-refractivity contribution in [1.29, 1.82) is 0 Å². The van der Waals surface area contributed by atoms with Crippen LogP contribution in [0.3, 0.4) is 0 Å². The van der Waals surface area contributed by atoms with Crippen molar-refractivity contribution in [2.45, 2.75) is 77.7 Å². The van der Waals surface area contributed by atoms with Crippen molar-refractivity contribution < 1.29 is 9.84 Å². The maximum absolute atomic E-state index is 10.4. The molecule has 0 saturated carbocycles. The Hall–Kier alpha value is -0.0800. The third-order valence-corrected chi connectivity index (χ3v) is 2.95. The summed E-state index contributed by atoms with van der Waals surface area (Å²) in [6, 6.07) is 0. The van der Waals surface area contributed by atoms with E-state index in [9.17, 15) is 5.11 Å². The minimum absolute atomic E-state index is 0.0988. The van der Waals surface area contributed by atoms with Crippen LogP contribution in [0.4, 0.5) is 0 Å². The van der Waals surface area contributed by atoms with Gasteiger partial charge in [0.2, 0.25) is 0 Å². The molecule has 2 heteroatoms. The highest BCUT2D eigenvalue weighted by Gasteiger charge is 2.07. The molecule has 0 amide bonds. The van der Waals surface area contributed by atoms with Crippen LogP contribution in [0.15, 0.2) is 0 Å². The Labute approximate surface area is 101 Å². The average molecular weight is 229 g/mol. The van der Waals surface area contributed by atoms with Crippen LogP contribution in [0.1, 0.15) is 71.6 Å². The predicted octanol–water partition coefficient (Wildman–Crippen LogP) is 4.35. The third kappa shape index (κ3) is 10.4. The molecule has 0 aliphatic heterocycles. The molecule has 0 bridgehead atoms. The molecule has 0 heterocycles. The van der Waals surface area contributed by atoms with E-state index in [1.54, 1.807) is 0 Å². The van der Waals surface area contributed by atoms with Gasteiger partial charge in [-0.3, -0.25) is 0 Å². The fourth-order valence-electron chi connectivity index (χ4n) is 1.93. The van der Waals surface area contributed by atoms with E-state index in [-0.39, 0.29) is 6.61 Å². The number of unbranched alkanes of at least 4 members (excludes halogenated alkanes) is 5. The first-order valence-corrected chi connectivity index (χ1v) is 7.04. The van der Waals surface area contributed by atoms with Gasteiger partial charge in [0.25, 0.3) is 0 Å². The summed E-state index contributed by atoms with van der Waals surface area (Å²) >= 11 is 0. The van der Waals surface area contributed by atoms with E-state index in [2.05, 4.69) is 13.8 Å². The number of rotatable bonds is 12. The van der Waals surface area contributed by atoms with Crippen molar-refractivity contribution >= 4 is 0 Å². The molecular weight excluding hydrogens is 200 g/mol. The summed E-state index contributed by atoms with van der Waals surface area (Å²) in [5, 5.41) is 10.4. The Balaban J connectivity index is 3.48. The third-order valence-electron chi connectivity index (χ3n) is 2.95. The van der Waals surface area contributed by atoms with Gasteiger partial charge in [0.05, 0.1) is 12.7 Å². The summed E-state index contributed by atoms with van der Waals surface area (Å²) in [7, 11) is 0. The maximum Gasteiger partial charge on any atom is 0.106 e. The van der Waals surface area contributed by atoms with Crippen LogP contribution in [0.5, 0.6) is 0 Å². The Bertz CT molecular complexity index is 118. The van der Waals surface area contributed by atoms with E-state index < -0.39 is 0 Å². The van der Waals surface area contributed by atoms with Gasteiger partial charge < -0.3 is 4.74 Å². The molecular formula is C14H29O2. The van der Waals surface area contributed by atoms with E-state index in [4.69, 9.17) is 4.74 Å². The van der Waals surface area contributed by atoms with Crippen LogP contribution in [0.25, 0.3) is 0 Å². The molecule has 1 radical (unpaired) electrons. The summed E-state index contributed by atoms with van der Waals surface area (Å²) in [5.74, 6) is 0. The smallest absolute Gasteiger partial charge is 0.106 e. The van der Waals surface area contributed by atoms with E-state index in [1.165, 1.54) is 44.9 Å². The van der Waals surface area contributed by atoms with Gasteiger partial charge in [0, 0.05) is 0 Å². The van der Waals surface area contributed by atoms with Crippen molar-refractivity contribution in [3.63, 3.8) is 0 Å². The van der Waals surface area contributed by atoms with Crippen molar-refractivity contribution in [1.82, 2.24) is 0 Å². The zero-order chi connectivity index (χ0) is 12.1. The van der Waals surface area contributed by atoms with Crippen LogP contribution < -0.4 is 0 Å². The van der Waals surface area contributed by atoms with Crippen molar-refractivity contribution in [3.05, 3.63) is 0 Å². The Morgan fingerprint density at radius 1 is 0.875 bits per heavy atom. The lowest BCUT2D eigenvalue weighted by molar-refractivity contribution is 0.00237. The molecule has 16 heavy (non-hydrogen) atoms. The normalized spacial score (nSPS) is 12.9. The van der Waals surface area contributed by atoms with Gasteiger partial charge in [-0.05, 0) is 12.8 Å². The Morgan fingerprint density at radius 3 is 2.12 bits per heavy atom. The molecule has 0 aromatic rings. The van der Waals surface area contributed by atoms with Crippen molar-refractivity contribution in [2.75, 3.05) is 13.2 Å². The molecule has 0 aliphatic carbocycles. The average Bonchev–Trinajstić information content (AvgIpc) is 2.31. The fourth-order valence-corrected chi connectivity index (χ4v) is 1.93. The van der Waals surface area contributed by atoms with E-state index >= 15 is 0 Å². The first kappa shape index (κ1) is 15.9. The van der Waals surface area contributed by atoms with Crippen LogP contribution in [0, 0.1) is 0 Å². The molecule has 0 aromatic carbocycles. The first-order valence-electron chi connectivity index (χ1n) is 7.04. The number of hydrogen-bond acceptors (Lipinski definition) is 1. The Morgan fingerprint density at radius 2 is 1.50 bits per heavy atom. The zero-order valence-electron chi connectivity index (χ0n) is 11.2. The monoisotopic (exact) mass is 229 g/mol. The lowest BCUT2D eigenvalue weighted by Gasteiger charge is -2.16. The second kappa shape index (κ2) is 13.0. The van der Waals surface area contributed by atoms with Crippen LogP contribution in [-0.2, 0) is 9.84 Å². The van der Waals surface area contributed by atoms with Gasteiger partial charge >= 0.3 is 0 Å². The lowest BCUT2D eigenvalue weighted by Crippen LogP contribution is -2.15. The maximum atomic E-state index is 10.4. The molecule has 0 saturated heterocycles. The van der Waals surface area contributed by atoms with Gasteiger partial charge in [-0.2, -0.15) is 0 Å². The van der Waals surface area contributed by atoms with Crippen molar-refractivity contribution in [2.24, 2.45) is 0 Å². The first-order chi connectivity index (χ1) is 7.85. The fraction of sp³-hybridized carbons (Fsp3) is 1.00. The quantitative estimate of drug-likeness (QED) is 0.457. The molecule has 0 spiro atoms. The SMILES string of the molecule is CCCCCCCC(CCCC)OCC[O]. The number of ether oxygens (including phenoxy) is 1.